The number of ether oxygens (including phenoxy) is 2. The minimum atomic E-state index is -0.278. The second kappa shape index (κ2) is 9.13. The zero-order valence-corrected chi connectivity index (χ0v) is 12.6. The molecule has 0 amide bonds. The molecule has 20 heavy (non-hydrogen) atoms. The van der Waals surface area contributed by atoms with Crippen LogP contribution >= 0.6 is 0 Å². The third kappa shape index (κ3) is 5.43. The Kier molecular flexibility index (Phi) is 8.29. The SMILES string of the molecule is COC([O-])=C1C=CC(C)=C1.COC([O-])=C1C=CC=C1.[Fe+2]. The van der Waals surface area contributed by atoms with Gasteiger partial charge in [0.2, 0.25) is 0 Å². The van der Waals surface area contributed by atoms with Gasteiger partial charge >= 0.3 is 17.1 Å². The van der Waals surface area contributed by atoms with Crippen LogP contribution in [0.25, 0.3) is 0 Å². The number of rotatable bonds is 2. The van der Waals surface area contributed by atoms with E-state index in [1.165, 1.54) is 14.2 Å². The largest absolute Gasteiger partial charge is 2.00 e. The molecule has 0 spiro atoms. The van der Waals surface area contributed by atoms with E-state index >= 15 is 0 Å². The first-order chi connectivity index (χ1) is 9.08. The molecule has 0 heterocycles. The molecule has 0 bridgehead atoms. The summed E-state index contributed by atoms with van der Waals surface area (Å²) in [5.41, 5.74) is 2.32. The van der Waals surface area contributed by atoms with Crippen LogP contribution in [0.2, 0.25) is 0 Å². The van der Waals surface area contributed by atoms with Gasteiger partial charge in [-0.25, -0.2) is 0 Å². The fourth-order valence-electron chi connectivity index (χ4n) is 1.44. The first-order valence-corrected chi connectivity index (χ1v) is 5.70. The van der Waals surface area contributed by atoms with Gasteiger partial charge in [0.1, 0.15) is 0 Å². The number of hydrogen-bond donors (Lipinski definition) is 0. The van der Waals surface area contributed by atoms with Crippen molar-refractivity contribution >= 4 is 0 Å². The third-order valence-corrected chi connectivity index (χ3v) is 2.41. The fourth-order valence-corrected chi connectivity index (χ4v) is 1.44. The van der Waals surface area contributed by atoms with Crippen molar-refractivity contribution in [3.05, 3.63) is 71.1 Å². The molecule has 2 aliphatic rings. The minimum Gasteiger partial charge on any atom is -0.616 e. The maximum atomic E-state index is 10.8. The standard InChI is InChI=1S/C8H10O2.C7H8O2.Fe/c1-6-3-4-7(5-6)8(9)10-2;1-9-7(8)6-4-2-3-5-6;/h3-5,9H,1-2H3;2-5,8H,1H3;/q;;+2/p-2. The van der Waals surface area contributed by atoms with Crippen LogP contribution in [0.4, 0.5) is 0 Å². The zero-order valence-electron chi connectivity index (χ0n) is 11.5. The van der Waals surface area contributed by atoms with Crippen LogP contribution in [0.1, 0.15) is 6.92 Å². The van der Waals surface area contributed by atoms with Crippen molar-refractivity contribution in [3.63, 3.8) is 0 Å². The molecule has 0 N–H and O–H groups in total. The Balaban J connectivity index is 0.000000345. The molecule has 0 aromatic carbocycles. The number of hydrogen-bond acceptors (Lipinski definition) is 4. The third-order valence-electron chi connectivity index (χ3n) is 2.41. The van der Waals surface area contributed by atoms with E-state index in [1.54, 1.807) is 36.5 Å². The van der Waals surface area contributed by atoms with Gasteiger partial charge in [-0.15, -0.1) is 0 Å². The van der Waals surface area contributed by atoms with Crippen molar-refractivity contribution < 1.29 is 36.8 Å². The monoisotopic (exact) mass is 316 g/mol. The molecule has 2 rings (SSSR count). The van der Waals surface area contributed by atoms with Gasteiger partial charge < -0.3 is 19.7 Å². The second-order valence-electron chi connectivity index (χ2n) is 3.83. The summed E-state index contributed by atoms with van der Waals surface area (Å²) in [6.45, 7) is 1.94. The topological polar surface area (TPSA) is 64.6 Å². The molecule has 0 saturated heterocycles. The Morgan fingerprint density at radius 2 is 1.35 bits per heavy atom. The molecule has 5 heteroatoms. The van der Waals surface area contributed by atoms with E-state index in [9.17, 15) is 10.2 Å². The molecule has 0 unspecified atom stereocenters. The van der Waals surface area contributed by atoms with Crippen molar-refractivity contribution in [2.45, 2.75) is 6.92 Å². The molecule has 0 saturated carbocycles. The van der Waals surface area contributed by atoms with Gasteiger partial charge in [0.05, 0.1) is 11.9 Å². The average molecular weight is 316 g/mol. The fraction of sp³-hybridized carbons (Fsp3) is 0.200. The van der Waals surface area contributed by atoms with Crippen LogP contribution in [-0.2, 0) is 26.5 Å². The molecule has 0 aromatic heterocycles. The van der Waals surface area contributed by atoms with Crippen molar-refractivity contribution in [3.8, 4) is 0 Å². The van der Waals surface area contributed by atoms with Gasteiger partial charge in [-0.3, -0.25) is 0 Å². The molecule has 0 atom stereocenters. The Morgan fingerprint density at radius 3 is 1.75 bits per heavy atom. The Bertz CT molecular complexity index is 494. The summed E-state index contributed by atoms with van der Waals surface area (Å²) < 4.78 is 8.97. The van der Waals surface area contributed by atoms with E-state index in [4.69, 9.17) is 0 Å². The zero-order chi connectivity index (χ0) is 14.3. The average Bonchev–Trinajstić information content (AvgIpc) is 3.08. The molecule has 108 valence electrons. The van der Waals surface area contributed by atoms with Gasteiger partial charge in [-0.05, 0) is 32.3 Å². The molecular formula is C15H16FeO4. The van der Waals surface area contributed by atoms with E-state index in [0.29, 0.717) is 11.1 Å². The van der Waals surface area contributed by atoms with Crippen molar-refractivity contribution in [1.82, 2.24) is 0 Å². The van der Waals surface area contributed by atoms with E-state index in [2.05, 4.69) is 9.47 Å². The van der Waals surface area contributed by atoms with E-state index in [-0.39, 0.29) is 29.0 Å². The van der Waals surface area contributed by atoms with Gasteiger partial charge in [-0.1, -0.05) is 48.1 Å². The van der Waals surface area contributed by atoms with Gasteiger partial charge in [-0.2, -0.15) is 0 Å². The summed E-state index contributed by atoms with van der Waals surface area (Å²) in [6, 6.07) is 0. The number of methoxy groups -OCH3 is 2. The minimum absolute atomic E-state index is 0. The van der Waals surface area contributed by atoms with Crippen LogP contribution in [0, 0.1) is 0 Å². The molecular weight excluding hydrogens is 300 g/mol. The molecule has 2 aliphatic carbocycles. The first kappa shape index (κ1) is 18.2. The molecule has 0 radical (unpaired) electrons. The summed E-state index contributed by atoms with van der Waals surface area (Å²) in [5.74, 6) is -0.548. The van der Waals surface area contributed by atoms with Crippen LogP contribution in [0.3, 0.4) is 0 Å². The summed E-state index contributed by atoms with van der Waals surface area (Å²) in [5, 5.41) is 21.5. The normalized spacial score (nSPS) is 16.9. The molecule has 0 aliphatic heterocycles. The second-order valence-corrected chi connectivity index (χ2v) is 3.83. The van der Waals surface area contributed by atoms with Crippen LogP contribution in [0.15, 0.2) is 71.1 Å². The molecule has 4 nitrogen and oxygen atoms in total. The van der Waals surface area contributed by atoms with Crippen molar-refractivity contribution in [2.75, 3.05) is 14.2 Å². The summed E-state index contributed by atoms with van der Waals surface area (Å²) in [7, 11) is 2.75. The Labute approximate surface area is 129 Å². The Morgan fingerprint density at radius 1 is 0.850 bits per heavy atom. The maximum Gasteiger partial charge on any atom is 2.00 e. The van der Waals surface area contributed by atoms with Crippen LogP contribution in [-0.4, -0.2) is 14.2 Å². The van der Waals surface area contributed by atoms with Gasteiger partial charge in [0, 0.05) is 0 Å². The maximum absolute atomic E-state index is 10.8. The molecule has 0 aromatic rings. The first-order valence-electron chi connectivity index (χ1n) is 5.70. The van der Waals surface area contributed by atoms with Crippen LogP contribution < -0.4 is 10.2 Å². The van der Waals surface area contributed by atoms with E-state index < -0.39 is 0 Å². The summed E-state index contributed by atoms with van der Waals surface area (Å²) in [4.78, 5) is 0. The van der Waals surface area contributed by atoms with Gasteiger partial charge in [0.25, 0.3) is 0 Å². The molecule has 0 fully saturated rings. The quantitative estimate of drug-likeness (QED) is 0.564. The van der Waals surface area contributed by atoms with Crippen molar-refractivity contribution in [2.24, 2.45) is 0 Å². The summed E-state index contributed by atoms with van der Waals surface area (Å²) in [6.07, 6.45) is 12.5. The smallest absolute Gasteiger partial charge is 0.616 e. The summed E-state index contributed by atoms with van der Waals surface area (Å²) >= 11 is 0. The predicted molar refractivity (Wildman–Crippen MR) is 69.2 cm³/mol. The van der Waals surface area contributed by atoms with E-state index in [1.807, 2.05) is 13.0 Å². The number of allylic oxidation sites excluding steroid dienone is 10. The van der Waals surface area contributed by atoms with Crippen molar-refractivity contribution in [1.29, 1.82) is 0 Å². The van der Waals surface area contributed by atoms with E-state index in [0.717, 1.165) is 5.57 Å². The van der Waals surface area contributed by atoms with Gasteiger partial charge in [0.15, 0.2) is 0 Å². The Hall–Kier alpha value is -1.84. The van der Waals surface area contributed by atoms with Crippen LogP contribution in [0.5, 0.6) is 0 Å². The predicted octanol–water partition coefficient (Wildman–Crippen LogP) is 1.05.